The zero-order valence-corrected chi connectivity index (χ0v) is 9.96. The van der Waals surface area contributed by atoms with Crippen molar-refractivity contribution in [2.24, 2.45) is 0 Å². The molecule has 0 atom stereocenters. The van der Waals surface area contributed by atoms with E-state index in [9.17, 15) is 10.2 Å². The van der Waals surface area contributed by atoms with Crippen molar-refractivity contribution < 1.29 is 19.7 Å². The zero-order valence-electron chi connectivity index (χ0n) is 9.96. The molecule has 0 saturated heterocycles. The largest absolute Gasteiger partial charge is 0.508 e. The second kappa shape index (κ2) is 5.31. The molecule has 18 heavy (non-hydrogen) atoms. The predicted molar refractivity (Wildman–Crippen MR) is 67.1 cm³/mol. The Kier molecular flexibility index (Phi) is 3.57. The standard InChI is InChI=1S/C14H14O4/c1-17-11-6-7-12(15)10(8-11)9-18-14-5-3-2-4-13(14)16/h2-8,15-16H,9H2,1H3. The molecule has 0 aromatic heterocycles. The quantitative estimate of drug-likeness (QED) is 0.870. The van der Waals surface area contributed by atoms with E-state index in [1.807, 2.05) is 0 Å². The predicted octanol–water partition coefficient (Wildman–Crippen LogP) is 2.69. The van der Waals surface area contributed by atoms with Gasteiger partial charge < -0.3 is 19.7 Å². The lowest BCUT2D eigenvalue weighted by Crippen LogP contribution is -1.97. The number of ether oxygens (including phenoxy) is 2. The van der Waals surface area contributed by atoms with Crippen LogP contribution in [0.5, 0.6) is 23.0 Å². The van der Waals surface area contributed by atoms with E-state index in [2.05, 4.69) is 0 Å². The van der Waals surface area contributed by atoms with Crippen LogP contribution >= 0.6 is 0 Å². The van der Waals surface area contributed by atoms with Crippen molar-refractivity contribution in [1.29, 1.82) is 0 Å². The summed E-state index contributed by atoms with van der Waals surface area (Å²) in [5, 5.41) is 19.2. The van der Waals surface area contributed by atoms with Gasteiger partial charge in [0.2, 0.25) is 0 Å². The lowest BCUT2D eigenvalue weighted by atomic mass is 10.2. The van der Waals surface area contributed by atoms with E-state index in [4.69, 9.17) is 9.47 Å². The molecule has 0 unspecified atom stereocenters. The first-order chi connectivity index (χ1) is 8.70. The number of benzene rings is 2. The number of rotatable bonds is 4. The zero-order chi connectivity index (χ0) is 13.0. The molecule has 4 heteroatoms. The van der Waals surface area contributed by atoms with Crippen LogP contribution in [-0.2, 0) is 6.61 Å². The summed E-state index contributed by atoms with van der Waals surface area (Å²) < 4.78 is 10.5. The molecule has 2 rings (SSSR count). The van der Waals surface area contributed by atoms with Gasteiger partial charge in [-0.15, -0.1) is 0 Å². The molecule has 0 fully saturated rings. The van der Waals surface area contributed by atoms with Crippen LogP contribution in [0.15, 0.2) is 42.5 Å². The van der Waals surface area contributed by atoms with Crippen molar-refractivity contribution in [3.8, 4) is 23.0 Å². The SMILES string of the molecule is COc1ccc(O)c(COc2ccccc2O)c1. The van der Waals surface area contributed by atoms with E-state index >= 15 is 0 Å². The third kappa shape index (κ3) is 2.66. The molecule has 4 nitrogen and oxygen atoms in total. The van der Waals surface area contributed by atoms with E-state index in [1.165, 1.54) is 0 Å². The summed E-state index contributed by atoms with van der Waals surface area (Å²) in [5.74, 6) is 1.22. The number of hydrogen-bond acceptors (Lipinski definition) is 4. The average molecular weight is 246 g/mol. The summed E-state index contributed by atoms with van der Waals surface area (Å²) in [6.07, 6.45) is 0. The van der Waals surface area contributed by atoms with Gasteiger partial charge in [-0.25, -0.2) is 0 Å². The third-order valence-electron chi connectivity index (χ3n) is 2.54. The second-order valence-corrected chi connectivity index (χ2v) is 3.75. The van der Waals surface area contributed by atoms with Gasteiger partial charge in [-0.3, -0.25) is 0 Å². The van der Waals surface area contributed by atoms with E-state index in [-0.39, 0.29) is 18.1 Å². The fraction of sp³-hybridized carbons (Fsp3) is 0.143. The minimum absolute atomic E-state index is 0.0693. The first-order valence-electron chi connectivity index (χ1n) is 5.47. The molecule has 0 radical (unpaired) electrons. The fourth-order valence-electron chi connectivity index (χ4n) is 1.54. The van der Waals surface area contributed by atoms with E-state index in [1.54, 1.807) is 49.6 Å². The van der Waals surface area contributed by atoms with Crippen molar-refractivity contribution in [1.82, 2.24) is 0 Å². The number of hydrogen-bond donors (Lipinski definition) is 2. The summed E-state index contributed by atoms with van der Waals surface area (Å²) in [7, 11) is 1.56. The van der Waals surface area contributed by atoms with Crippen LogP contribution in [-0.4, -0.2) is 17.3 Å². The fourth-order valence-corrected chi connectivity index (χ4v) is 1.54. The Morgan fingerprint density at radius 1 is 1.00 bits per heavy atom. The Balaban J connectivity index is 2.13. The monoisotopic (exact) mass is 246 g/mol. The number of methoxy groups -OCH3 is 1. The van der Waals surface area contributed by atoms with Crippen LogP contribution in [0.4, 0.5) is 0 Å². The maximum absolute atomic E-state index is 9.68. The highest BCUT2D eigenvalue weighted by atomic mass is 16.5. The van der Waals surface area contributed by atoms with Gasteiger partial charge in [0.15, 0.2) is 11.5 Å². The third-order valence-corrected chi connectivity index (χ3v) is 2.54. The normalized spacial score (nSPS) is 10.1. The number of aromatic hydroxyl groups is 2. The molecular weight excluding hydrogens is 232 g/mol. The molecule has 0 aliphatic rings. The van der Waals surface area contributed by atoms with Crippen LogP contribution in [0.1, 0.15) is 5.56 Å². The molecule has 94 valence electrons. The Hall–Kier alpha value is -2.36. The van der Waals surface area contributed by atoms with Crippen molar-refractivity contribution >= 4 is 0 Å². The highest BCUT2D eigenvalue weighted by molar-refractivity contribution is 5.41. The van der Waals surface area contributed by atoms with Crippen molar-refractivity contribution in [2.75, 3.05) is 7.11 Å². The second-order valence-electron chi connectivity index (χ2n) is 3.75. The van der Waals surface area contributed by atoms with Gasteiger partial charge in [0.25, 0.3) is 0 Å². The van der Waals surface area contributed by atoms with Gasteiger partial charge >= 0.3 is 0 Å². The highest BCUT2D eigenvalue weighted by Crippen LogP contribution is 2.28. The van der Waals surface area contributed by atoms with Crippen LogP contribution in [0.2, 0.25) is 0 Å². The molecule has 0 amide bonds. The van der Waals surface area contributed by atoms with E-state index in [0.29, 0.717) is 17.1 Å². The summed E-state index contributed by atoms with van der Waals surface area (Å²) in [6, 6.07) is 11.6. The lowest BCUT2D eigenvalue weighted by molar-refractivity contribution is 0.282. The van der Waals surface area contributed by atoms with Gasteiger partial charge in [0.1, 0.15) is 18.1 Å². The molecule has 0 spiro atoms. The van der Waals surface area contributed by atoms with Gasteiger partial charge in [-0.1, -0.05) is 12.1 Å². The molecule has 2 aromatic rings. The summed E-state index contributed by atoms with van der Waals surface area (Å²) in [5.41, 5.74) is 0.595. The minimum atomic E-state index is 0.0693. The smallest absolute Gasteiger partial charge is 0.161 e. The van der Waals surface area contributed by atoms with Gasteiger partial charge in [0.05, 0.1) is 7.11 Å². The Bertz CT molecular complexity index is 537. The molecule has 2 aromatic carbocycles. The van der Waals surface area contributed by atoms with Gasteiger partial charge in [-0.05, 0) is 30.3 Å². The van der Waals surface area contributed by atoms with Crippen LogP contribution in [0, 0.1) is 0 Å². The van der Waals surface area contributed by atoms with Gasteiger partial charge in [0, 0.05) is 5.56 Å². The average Bonchev–Trinajstić information content (AvgIpc) is 2.39. The summed E-state index contributed by atoms with van der Waals surface area (Å²) >= 11 is 0. The van der Waals surface area contributed by atoms with Crippen molar-refractivity contribution in [2.45, 2.75) is 6.61 Å². The van der Waals surface area contributed by atoms with Crippen molar-refractivity contribution in [3.05, 3.63) is 48.0 Å². The maximum Gasteiger partial charge on any atom is 0.161 e. The summed E-state index contributed by atoms with van der Waals surface area (Å²) in [6.45, 7) is 0.153. The Labute approximate surface area is 105 Å². The first-order valence-corrected chi connectivity index (χ1v) is 5.47. The molecule has 0 saturated carbocycles. The van der Waals surface area contributed by atoms with E-state index < -0.39 is 0 Å². The van der Waals surface area contributed by atoms with E-state index in [0.717, 1.165) is 0 Å². The maximum atomic E-state index is 9.68. The number of para-hydroxylation sites is 2. The first kappa shape index (κ1) is 12.1. The van der Waals surface area contributed by atoms with Crippen molar-refractivity contribution in [3.63, 3.8) is 0 Å². The Morgan fingerprint density at radius 2 is 1.78 bits per heavy atom. The lowest BCUT2D eigenvalue weighted by Gasteiger charge is -2.10. The minimum Gasteiger partial charge on any atom is -0.508 e. The molecule has 2 N–H and O–H groups in total. The Morgan fingerprint density at radius 3 is 2.50 bits per heavy atom. The molecule has 0 heterocycles. The molecule has 0 aliphatic carbocycles. The molecular formula is C14H14O4. The van der Waals surface area contributed by atoms with Crippen LogP contribution in [0.3, 0.4) is 0 Å². The number of phenols is 2. The highest BCUT2D eigenvalue weighted by Gasteiger charge is 2.06. The van der Waals surface area contributed by atoms with Crippen LogP contribution in [0.25, 0.3) is 0 Å². The molecule has 0 aliphatic heterocycles. The topological polar surface area (TPSA) is 58.9 Å². The number of phenolic OH excluding ortho intramolecular Hbond substituents is 2. The van der Waals surface area contributed by atoms with Crippen LogP contribution < -0.4 is 9.47 Å². The van der Waals surface area contributed by atoms with Gasteiger partial charge in [-0.2, -0.15) is 0 Å². The summed E-state index contributed by atoms with van der Waals surface area (Å²) in [4.78, 5) is 0. The molecule has 0 bridgehead atoms.